The fourth-order valence-corrected chi connectivity index (χ4v) is 2.34. The molecule has 3 nitrogen and oxygen atoms in total. The Kier molecular flexibility index (Phi) is 3.17. The number of hydrogen-bond acceptors (Lipinski definition) is 2. The molecule has 0 saturated carbocycles. The first-order chi connectivity index (χ1) is 9.15. The number of benzene rings is 1. The van der Waals surface area contributed by atoms with Crippen LogP contribution in [0.2, 0.25) is 10.2 Å². The van der Waals surface area contributed by atoms with Gasteiger partial charge in [0, 0.05) is 10.9 Å². The Morgan fingerprint density at radius 2 is 2.00 bits per heavy atom. The van der Waals surface area contributed by atoms with Crippen molar-refractivity contribution in [2.75, 3.05) is 0 Å². The van der Waals surface area contributed by atoms with E-state index in [0.29, 0.717) is 16.7 Å². The normalized spacial score (nSPS) is 11.1. The second-order valence-electron chi connectivity index (χ2n) is 4.37. The molecule has 0 atom stereocenters. The Bertz CT molecular complexity index is 750. The van der Waals surface area contributed by atoms with Gasteiger partial charge in [0.15, 0.2) is 0 Å². The quantitative estimate of drug-likeness (QED) is 0.666. The zero-order valence-corrected chi connectivity index (χ0v) is 11.8. The van der Waals surface area contributed by atoms with E-state index in [1.807, 2.05) is 41.9 Å². The second-order valence-corrected chi connectivity index (χ2v) is 5.13. The molecular weight excluding hydrogens is 281 g/mol. The van der Waals surface area contributed by atoms with Crippen LogP contribution in [-0.2, 0) is 6.54 Å². The van der Waals surface area contributed by atoms with Gasteiger partial charge in [0.05, 0.1) is 29.0 Å². The topological polar surface area (TPSA) is 30.7 Å². The Morgan fingerprint density at radius 3 is 2.74 bits per heavy atom. The van der Waals surface area contributed by atoms with Gasteiger partial charge in [0.1, 0.15) is 5.15 Å². The summed E-state index contributed by atoms with van der Waals surface area (Å²) in [5.41, 5.74) is 2.75. The highest BCUT2D eigenvalue weighted by Gasteiger charge is 2.09. The Labute approximate surface area is 120 Å². The van der Waals surface area contributed by atoms with Crippen molar-refractivity contribution in [2.45, 2.75) is 13.5 Å². The highest BCUT2D eigenvalue weighted by Crippen LogP contribution is 2.22. The minimum Gasteiger partial charge on any atom is -0.264 e. The lowest BCUT2D eigenvalue weighted by atomic mass is 10.1. The maximum absolute atomic E-state index is 6.23. The van der Waals surface area contributed by atoms with E-state index in [0.717, 1.165) is 22.2 Å². The van der Waals surface area contributed by atoms with E-state index in [1.165, 1.54) is 0 Å². The maximum Gasteiger partial charge on any atom is 0.134 e. The van der Waals surface area contributed by atoms with Crippen LogP contribution >= 0.6 is 23.2 Å². The van der Waals surface area contributed by atoms with Gasteiger partial charge >= 0.3 is 0 Å². The summed E-state index contributed by atoms with van der Waals surface area (Å²) in [6.45, 7) is 2.49. The highest BCUT2D eigenvalue weighted by molar-refractivity contribution is 6.31. The number of para-hydroxylation sites is 1. The molecule has 0 unspecified atom stereocenters. The van der Waals surface area contributed by atoms with E-state index in [4.69, 9.17) is 23.2 Å². The van der Waals surface area contributed by atoms with Gasteiger partial charge in [-0.2, -0.15) is 5.10 Å². The van der Waals surface area contributed by atoms with E-state index in [9.17, 15) is 0 Å². The molecule has 0 aliphatic carbocycles. The van der Waals surface area contributed by atoms with Gasteiger partial charge < -0.3 is 0 Å². The molecule has 2 heterocycles. The van der Waals surface area contributed by atoms with Gasteiger partial charge in [-0.3, -0.25) is 4.68 Å². The number of halogens is 2. The van der Waals surface area contributed by atoms with Crippen molar-refractivity contribution in [1.82, 2.24) is 14.8 Å². The lowest BCUT2D eigenvalue weighted by Crippen LogP contribution is -2.05. The van der Waals surface area contributed by atoms with E-state index in [1.54, 1.807) is 6.20 Å². The van der Waals surface area contributed by atoms with Gasteiger partial charge in [-0.1, -0.05) is 41.4 Å². The summed E-state index contributed by atoms with van der Waals surface area (Å²) in [6.07, 6.45) is 1.64. The van der Waals surface area contributed by atoms with Crippen molar-refractivity contribution < 1.29 is 0 Å². The summed E-state index contributed by atoms with van der Waals surface area (Å²) in [6, 6.07) is 9.94. The van der Waals surface area contributed by atoms with Gasteiger partial charge in [-0.15, -0.1) is 0 Å². The number of nitrogens with zero attached hydrogens (tertiary/aromatic N) is 3. The van der Waals surface area contributed by atoms with E-state index >= 15 is 0 Å². The number of pyridine rings is 1. The van der Waals surface area contributed by atoms with Crippen molar-refractivity contribution in [3.8, 4) is 0 Å². The average Bonchev–Trinajstić information content (AvgIpc) is 2.71. The van der Waals surface area contributed by atoms with Gasteiger partial charge in [-0.05, 0) is 19.1 Å². The predicted octanol–water partition coefficient (Wildman–Crippen LogP) is 4.09. The lowest BCUT2D eigenvalue weighted by molar-refractivity contribution is 0.664. The van der Waals surface area contributed by atoms with Crippen molar-refractivity contribution in [2.24, 2.45) is 0 Å². The monoisotopic (exact) mass is 291 g/mol. The van der Waals surface area contributed by atoms with Crippen LogP contribution in [0.15, 0.2) is 36.5 Å². The molecule has 0 aliphatic rings. The van der Waals surface area contributed by atoms with Crippen LogP contribution < -0.4 is 0 Å². The van der Waals surface area contributed by atoms with Crippen LogP contribution in [0, 0.1) is 6.92 Å². The van der Waals surface area contributed by atoms with Crippen LogP contribution in [0.1, 0.15) is 11.3 Å². The van der Waals surface area contributed by atoms with Crippen LogP contribution in [0.25, 0.3) is 10.9 Å². The summed E-state index contributed by atoms with van der Waals surface area (Å²) >= 11 is 12.2. The maximum atomic E-state index is 6.23. The Hall–Kier alpha value is -1.58. The second kappa shape index (κ2) is 4.83. The third-order valence-corrected chi connectivity index (χ3v) is 3.81. The first-order valence-electron chi connectivity index (χ1n) is 5.87. The fraction of sp³-hybridized carbons (Fsp3) is 0.143. The molecule has 1 aromatic carbocycles. The summed E-state index contributed by atoms with van der Waals surface area (Å²) in [5.74, 6) is 0. The Balaban J connectivity index is 2.05. The molecule has 0 aliphatic heterocycles. The Morgan fingerprint density at radius 1 is 1.21 bits per heavy atom. The molecule has 0 bridgehead atoms. The molecule has 19 heavy (non-hydrogen) atoms. The molecule has 0 N–H and O–H groups in total. The van der Waals surface area contributed by atoms with E-state index in [-0.39, 0.29) is 0 Å². The van der Waals surface area contributed by atoms with Gasteiger partial charge in [0.25, 0.3) is 0 Å². The van der Waals surface area contributed by atoms with Crippen LogP contribution in [0.4, 0.5) is 0 Å². The SMILES string of the molecule is Cc1c(Cl)cnn1Cc1cc2ccccc2nc1Cl. The van der Waals surface area contributed by atoms with Crippen LogP contribution in [-0.4, -0.2) is 14.8 Å². The first kappa shape index (κ1) is 12.5. The average molecular weight is 292 g/mol. The molecule has 2 aromatic heterocycles. The molecule has 0 saturated heterocycles. The van der Waals surface area contributed by atoms with E-state index < -0.39 is 0 Å². The van der Waals surface area contributed by atoms with Crippen LogP contribution in [0.3, 0.4) is 0 Å². The molecule has 3 rings (SSSR count). The number of hydrogen-bond donors (Lipinski definition) is 0. The summed E-state index contributed by atoms with van der Waals surface area (Å²) in [4.78, 5) is 4.40. The minimum atomic E-state index is 0.504. The van der Waals surface area contributed by atoms with Crippen LogP contribution in [0.5, 0.6) is 0 Å². The zero-order valence-electron chi connectivity index (χ0n) is 10.3. The van der Waals surface area contributed by atoms with Gasteiger partial charge in [0.2, 0.25) is 0 Å². The van der Waals surface area contributed by atoms with Crippen molar-refractivity contribution >= 4 is 34.1 Å². The molecular formula is C14H11Cl2N3. The minimum absolute atomic E-state index is 0.504. The summed E-state index contributed by atoms with van der Waals surface area (Å²) in [5, 5.41) is 6.46. The standard InChI is InChI=1S/C14H11Cl2N3/c1-9-12(15)7-17-19(9)8-11-6-10-4-2-3-5-13(10)18-14(11)16/h2-7H,8H2,1H3. The lowest BCUT2D eigenvalue weighted by Gasteiger charge is -2.08. The highest BCUT2D eigenvalue weighted by atomic mass is 35.5. The number of rotatable bonds is 2. The van der Waals surface area contributed by atoms with Gasteiger partial charge in [-0.25, -0.2) is 4.98 Å². The van der Waals surface area contributed by atoms with Crippen molar-refractivity contribution in [3.63, 3.8) is 0 Å². The van der Waals surface area contributed by atoms with E-state index in [2.05, 4.69) is 10.1 Å². The van der Waals surface area contributed by atoms with Crippen molar-refractivity contribution in [3.05, 3.63) is 58.0 Å². The smallest absolute Gasteiger partial charge is 0.134 e. The van der Waals surface area contributed by atoms with Crippen molar-refractivity contribution in [1.29, 1.82) is 0 Å². The largest absolute Gasteiger partial charge is 0.264 e. The molecule has 96 valence electrons. The fourth-order valence-electron chi connectivity index (χ4n) is 1.99. The number of fused-ring (bicyclic) bond motifs is 1. The first-order valence-corrected chi connectivity index (χ1v) is 6.63. The molecule has 0 spiro atoms. The summed E-state index contributed by atoms with van der Waals surface area (Å²) < 4.78 is 1.82. The number of aromatic nitrogens is 3. The molecule has 0 amide bonds. The molecule has 3 aromatic rings. The zero-order chi connectivity index (χ0) is 13.4. The third-order valence-electron chi connectivity index (χ3n) is 3.11. The summed E-state index contributed by atoms with van der Waals surface area (Å²) in [7, 11) is 0. The molecule has 0 radical (unpaired) electrons. The third kappa shape index (κ3) is 2.31. The molecule has 0 fully saturated rings. The molecule has 5 heteroatoms. The predicted molar refractivity (Wildman–Crippen MR) is 77.8 cm³/mol.